The lowest BCUT2D eigenvalue weighted by molar-refractivity contribution is 0.127. The summed E-state index contributed by atoms with van der Waals surface area (Å²) in [5, 5.41) is 0. The summed E-state index contributed by atoms with van der Waals surface area (Å²) in [4.78, 5) is 0. The number of nitrogens with two attached hydrogens (primary N) is 1. The van der Waals surface area contributed by atoms with Crippen LogP contribution < -0.4 is 5.73 Å². The van der Waals surface area contributed by atoms with Crippen LogP contribution >= 0.6 is 0 Å². The van der Waals surface area contributed by atoms with Gasteiger partial charge in [0.05, 0.1) is 0 Å². The molecule has 0 amide bonds. The van der Waals surface area contributed by atoms with Gasteiger partial charge in [0.1, 0.15) is 0 Å². The summed E-state index contributed by atoms with van der Waals surface area (Å²) >= 11 is 0. The van der Waals surface area contributed by atoms with Gasteiger partial charge in [0.2, 0.25) is 0 Å². The standard InChI is InChI=1S/C12H25NO/c1-4-10(2)11(3)12(13)6-5-8-14-9-7-12/h10-11H,4-9,13H2,1-3H3. The van der Waals surface area contributed by atoms with Gasteiger partial charge in [-0.2, -0.15) is 0 Å². The van der Waals surface area contributed by atoms with Crippen molar-refractivity contribution in [3.05, 3.63) is 0 Å². The van der Waals surface area contributed by atoms with Gasteiger partial charge in [-0.3, -0.25) is 0 Å². The smallest absolute Gasteiger partial charge is 0.0483 e. The molecular formula is C12H25NO. The van der Waals surface area contributed by atoms with Crippen LogP contribution in [0.5, 0.6) is 0 Å². The van der Waals surface area contributed by atoms with E-state index in [1.54, 1.807) is 0 Å². The predicted molar refractivity (Wildman–Crippen MR) is 60.2 cm³/mol. The van der Waals surface area contributed by atoms with Crippen LogP contribution in [0.3, 0.4) is 0 Å². The van der Waals surface area contributed by atoms with Crippen LogP contribution in [0.15, 0.2) is 0 Å². The second kappa shape index (κ2) is 5.13. The van der Waals surface area contributed by atoms with Crippen molar-refractivity contribution in [3.63, 3.8) is 0 Å². The highest BCUT2D eigenvalue weighted by molar-refractivity contribution is 4.92. The molecule has 0 aromatic heterocycles. The third-order valence-corrected chi connectivity index (χ3v) is 4.05. The van der Waals surface area contributed by atoms with Crippen molar-refractivity contribution in [2.75, 3.05) is 13.2 Å². The van der Waals surface area contributed by atoms with E-state index in [1.165, 1.54) is 6.42 Å². The Labute approximate surface area is 88.2 Å². The van der Waals surface area contributed by atoms with E-state index in [-0.39, 0.29) is 5.54 Å². The fraction of sp³-hybridized carbons (Fsp3) is 1.00. The average Bonchev–Trinajstić information content (AvgIpc) is 2.41. The molecule has 1 aliphatic rings. The number of hydrogen-bond donors (Lipinski definition) is 1. The molecule has 0 spiro atoms. The van der Waals surface area contributed by atoms with E-state index >= 15 is 0 Å². The van der Waals surface area contributed by atoms with Crippen LogP contribution in [0.4, 0.5) is 0 Å². The van der Waals surface area contributed by atoms with E-state index in [0.29, 0.717) is 5.92 Å². The van der Waals surface area contributed by atoms with Gasteiger partial charge in [0.25, 0.3) is 0 Å². The second-order valence-electron chi connectivity index (χ2n) is 4.87. The highest BCUT2D eigenvalue weighted by Gasteiger charge is 2.34. The first-order valence-electron chi connectivity index (χ1n) is 5.97. The molecule has 84 valence electrons. The van der Waals surface area contributed by atoms with Gasteiger partial charge in [-0.25, -0.2) is 0 Å². The lowest BCUT2D eigenvalue weighted by atomic mass is 9.73. The summed E-state index contributed by atoms with van der Waals surface area (Å²) in [7, 11) is 0. The van der Waals surface area contributed by atoms with Crippen molar-refractivity contribution >= 4 is 0 Å². The summed E-state index contributed by atoms with van der Waals surface area (Å²) in [5.41, 5.74) is 6.52. The zero-order valence-corrected chi connectivity index (χ0v) is 9.88. The van der Waals surface area contributed by atoms with Crippen LogP contribution in [0.25, 0.3) is 0 Å². The lowest BCUT2D eigenvalue weighted by Gasteiger charge is -2.37. The van der Waals surface area contributed by atoms with E-state index in [1.807, 2.05) is 0 Å². The molecule has 0 bridgehead atoms. The molecule has 2 nitrogen and oxygen atoms in total. The minimum absolute atomic E-state index is 0.0198. The van der Waals surface area contributed by atoms with Crippen molar-refractivity contribution in [2.24, 2.45) is 17.6 Å². The summed E-state index contributed by atoms with van der Waals surface area (Å²) < 4.78 is 5.47. The zero-order chi connectivity index (χ0) is 10.6. The van der Waals surface area contributed by atoms with Gasteiger partial charge in [-0.05, 0) is 31.1 Å². The molecule has 0 aromatic rings. The van der Waals surface area contributed by atoms with Gasteiger partial charge in [-0.1, -0.05) is 27.2 Å². The zero-order valence-electron chi connectivity index (χ0n) is 9.88. The molecule has 3 atom stereocenters. The average molecular weight is 199 g/mol. The highest BCUT2D eigenvalue weighted by atomic mass is 16.5. The molecule has 14 heavy (non-hydrogen) atoms. The summed E-state index contributed by atoms with van der Waals surface area (Å²) in [6.45, 7) is 8.60. The molecule has 0 aliphatic carbocycles. The van der Waals surface area contributed by atoms with E-state index in [4.69, 9.17) is 10.5 Å². The first-order valence-corrected chi connectivity index (χ1v) is 5.97. The number of hydrogen-bond acceptors (Lipinski definition) is 2. The summed E-state index contributed by atoms with van der Waals surface area (Å²) in [6.07, 6.45) is 4.50. The van der Waals surface area contributed by atoms with Crippen molar-refractivity contribution in [1.82, 2.24) is 0 Å². The molecule has 1 saturated heterocycles. The molecule has 2 heteroatoms. The monoisotopic (exact) mass is 199 g/mol. The van der Waals surface area contributed by atoms with Crippen LogP contribution in [-0.2, 0) is 4.74 Å². The maximum atomic E-state index is 6.50. The van der Waals surface area contributed by atoms with Crippen molar-refractivity contribution in [2.45, 2.75) is 52.0 Å². The fourth-order valence-corrected chi connectivity index (χ4v) is 2.37. The Kier molecular flexibility index (Phi) is 4.39. The first kappa shape index (κ1) is 12.0. The SMILES string of the molecule is CCC(C)C(C)C1(N)CCCOCC1. The maximum absolute atomic E-state index is 6.50. The Hall–Kier alpha value is -0.0800. The molecule has 1 fully saturated rings. The Bertz CT molecular complexity index is 162. The second-order valence-corrected chi connectivity index (χ2v) is 4.87. The predicted octanol–water partition coefficient (Wildman–Crippen LogP) is 2.57. The largest absolute Gasteiger partial charge is 0.381 e. The maximum Gasteiger partial charge on any atom is 0.0483 e. The Morgan fingerprint density at radius 1 is 1.29 bits per heavy atom. The minimum Gasteiger partial charge on any atom is -0.381 e. The van der Waals surface area contributed by atoms with Crippen molar-refractivity contribution in [1.29, 1.82) is 0 Å². The third kappa shape index (κ3) is 2.71. The van der Waals surface area contributed by atoms with Crippen molar-refractivity contribution in [3.8, 4) is 0 Å². The van der Waals surface area contributed by atoms with Crippen LogP contribution in [0.2, 0.25) is 0 Å². The van der Waals surface area contributed by atoms with Gasteiger partial charge in [0, 0.05) is 18.8 Å². The minimum atomic E-state index is 0.0198. The Morgan fingerprint density at radius 3 is 2.64 bits per heavy atom. The molecule has 3 unspecified atom stereocenters. The van der Waals surface area contributed by atoms with Crippen LogP contribution in [0, 0.1) is 11.8 Å². The Morgan fingerprint density at radius 2 is 2.00 bits per heavy atom. The van der Waals surface area contributed by atoms with Crippen LogP contribution in [0.1, 0.15) is 46.5 Å². The summed E-state index contributed by atoms with van der Waals surface area (Å²) in [6, 6.07) is 0. The molecule has 1 rings (SSSR count). The van der Waals surface area contributed by atoms with Gasteiger partial charge in [-0.15, -0.1) is 0 Å². The van der Waals surface area contributed by atoms with E-state index in [2.05, 4.69) is 20.8 Å². The van der Waals surface area contributed by atoms with E-state index in [9.17, 15) is 0 Å². The van der Waals surface area contributed by atoms with Crippen molar-refractivity contribution < 1.29 is 4.74 Å². The molecule has 0 aromatic carbocycles. The fourth-order valence-electron chi connectivity index (χ4n) is 2.37. The molecule has 1 aliphatic heterocycles. The lowest BCUT2D eigenvalue weighted by Crippen LogP contribution is -2.48. The molecule has 2 N–H and O–H groups in total. The molecule has 1 heterocycles. The van der Waals surface area contributed by atoms with E-state index in [0.717, 1.165) is 38.4 Å². The number of ether oxygens (including phenoxy) is 1. The molecule has 0 saturated carbocycles. The quantitative estimate of drug-likeness (QED) is 0.758. The Balaban J connectivity index is 2.60. The van der Waals surface area contributed by atoms with Gasteiger partial charge in [0.15, 0.2) is 0 Å². The normalized spacial score (nSPS) is 33.4. The van der Waals surface area contributed by atoms with Gasteiger partial charge >= 0.3 is 0 Å². The number of rotatable bonds is 3. The topological polar surface area (TPSA) is 35.2 Å². The third-order valence-electron chi connectivity index (χ3n) is 4.05. The highest BCUT2D eigenvalue weighted by Crippen LogP contribution is 2.32. The van der Waals surface area contributed by atoms with Crippen LogP contribution in [-0.4, -0.2) is 18.8 Å². The molecular weight excluding hydrogens is 174 g/mol. The summed E-state index contributed by atoms with van der Waals surface area (Å²) in [5.74, 6) is 1.33. The van der Waals surface area contributed by atoms with E-state index < -0.39 is 0 Å². The van der Waals surface area contributed by atoms with Gasteiger partial charge < -0.3 is 10.5 Å². The molecule has 0 radical (unpaired) electrons. The first-order chi connectivity index (χ1) is 6.60.